The van der Waals surface area contributed by atoms with Gasteiger partial charge in [0.25, 0.3) is 5.91 Å². The second-order valence-electron chi connectivity index (χ2n) is 7.24. The van der Waals surface area contributed by atoms with E-state index in [1.807, 2.05) is 30.3 Å². The van der Waals surface area contributed by atoms with Gasteiger partial charge in [-0.15, -0.1) is 0 Å². The van der Waals surface area contributed by atoms with Crippen LogP contribution in [0.5, 0.6) is 0 Å². The number of aliphatic hydroxyl groups is 2. The Hall–Kier alpha value is -2.70. The fraction of sp³-hybridized carbons (Fsp3) is 0.273. The molecule has 1 fully saturated rings. The van der Waals surface area contributed by atoms with E-state index in [1.54, 1.807) is 29.1 Å². The lowest BCUT2D eigenvalue weighted by molar-refractivity contribution is -0.0458. The van der Waals surface area contributed by atoms with Crippen molar-refractivity contribution in [3.05, 3.63) is 82.5 Å². The van der Waals surface area contributed by atoms with E-state index in [-0.39, 0.29) is 24.8 Å². The number of rotatable bonds is 8. The van der Waals surface area contributed by atoms with E-state index in [4.69, 9.17) is 4.74 Å². The number of carbonyl (C=O) groups is 1. The highest BCUT2D eigenvalue weighted by atomic mass is 33.1. The van der Waals surface area contributed by atoms with Gasteiger partial charge < -0.3 is 20.3 Å². The number of carbonyl (C=O) groups excluding carboxylic acids is 1. The van der Waals surface area contributed by atoms with Crippen molar-refractivity contribution in [3.63, 3.8) is 0 Å². The van der Waals surface area contributed by atoms with Gasteiger partial charge in [-0.3, -0.25) is 9.36 Å². The third-order valence-electron chi connectivity index (χ3n) is 5.02. The summed E-state index contributed by atoms with van der Waals surface area (Å²) in [4.78, 5) is 33.5. The molecule has 11 heteroatoms. The molecule has 2 aromatic heterocycles. The zero-order valence-electron chi connectivity index (χ0n) is 17.4. The normalized spacial score (nSPS) is 20.0. The number of aromatic nitrogens is 3. The number of hydrogen-bond acceptors (Lipinski definition) is 9. The van der Waals surface area contributed by atoms with Crippen molar-refractivity contribution in [2.45, 2.75) is 35.6 Å². The molecule has 1 aliphatic rings. The van der Waals surface area contributed by atoms with Crippen LogP contribution in [0.15, 0.2) is 70.7 Å². The van der Waals surface area contributed by atoms with E-state index >= 15 is 0 Å². The van der Waals surface area contributed by atoms with Gasteiger partial charge in [0.1, 0.15) is 23.2 Å². The number of pyridine rings is 1. The Labute approximate surface area is 197 Å². The molecule has 172 valence electrons. The Morgan fingerprint density at radius 2 is 2.03 bits per heavy atom. The molecule has 0 bridgehead atoms. The molecule has 0 aliphatic carbocycles. The quantitative estimate of drug-likeness (QED) is 0.412. The van der Waals surface area contributed by atoms with Crippen LogP contribution in [0.25, 0.3) is 0 Å². The third kappa shape index (κ3) is 5.81. The summed E-state index contributed by atoms with van der Waals surface area (Å²) < 4.78 is 6.72. The topological polar surface area (TPSA) is 127 Å². The van der Waals surface area contributed by atoms with Crippen LogP contribution in [0, 0.1) is 0 Å². The Kier molecular flexibility index (Phi) is 7.78. The fourth-order valence-corrected chi connectivity index (χ4v) is 5.36. The summed E-state index contributed by atoms with van der Waals surface area (Å²) in [5.41, 5.74) is 0.713. The highest BCUT2D eigenvalue weighted by Gasteiger charge is 2.35. The number of nitrogens with zero attached hydrogens (tertiary/aromatic N) is 3. The molecule has 3 aromatic rings. The molecule has 3 heterocycles. The molecule has 9 nitrogen and oxygen atoms in total. The molecule has 0 saturated carbocycles. The number of hydrogen-bond donors (Lipinski definition) is 3. The molecule has 3 N–H and O–H groups in total. The standard InChI is InChI=1S/C22H22N4O5S2/c27-12-17-16(28)11-20(31-17)26-10-8-18(25-22(26)30)24-21(29)15-6-2-1-5-14(15)13-32-33-19-7-3-4-9-23-19/h1-10,16-17,20,27-28H,11-13H2,(H,24,25,29,30). The van der Waals surface area contributed by atoms with Gasteiger partial charge in [-0.25, -0.2) is 9.78 Å². The first kappa shape index (κ1) is 23.5. The highest BCUT2D eigenvalue weighted by molar-refractivity contribution is 8.76. The first-order chi connectivity index (χ1) is 16.0. The molecule has 0 spiro atoms. The van der Waals surface area contributed by atoms with Crippen LogP contribution in [0.4, 0.5) is 5.82 Å². The van der Waals surface area contributed by atoms with Gasteiger partial charge >= 0.3 is 5.69 Å². The van der Waals surface area contributed by atoms with Crippen LogP contribution in [-0.2, 0) is 10.5 Å². The molecular weight excluding hydrogens is 464 g/mol. The first-order valence-corrected chi connectivity index (χ1v) is 12.5. The number of anilines is 1. The highest BCUT2D eigenvalue weighted by Crippen LogP contribution is 2.33. The molecule has 3 atom stereocenters. The molecule has 1 aromatic carbocycles. The van der Waals surface area contributed by atoms with E-state index in [9.17, 15) is 19.8 Å². The van der Waals surface area contributed by atoms with Crippen molar-refractivity contribution < 1.29 is 19.7 Å². The lowest BCUT2D eigenvalue weighted by Crippen LogP contribution is -2.28. The minimum atomic E-state index is -0.864. The summed E-state index contributed by atoms with van der Waals surface area (Å²) in [5.74, 6) is 0.336. The maximum Gasteiger partial charge on any atom is 0.351 e. The molecule has 4 rings (SSSR count). The number of ether oxygens (including phenoxy) is 1. The van der Waals surface area contributed by atoms with Gasteiger partial charge in [0.15, 0.2) is 0 Å². The Bertz CT molecular complexity index is 1160. The summed E-state index contributed by atoms with van der Waals surface area (Å²) in [6.07, 6.45) is 1.02. The Morgan fingerprint density at radius 1 is 1.21 bits per heavy atom. The van der Waals surface area contributed by atoms with Gasteiger partial charge in [-0.1, -0.05) is 35.1 Å². The zero-order valence-corrected chi connectivity index (χ0v) is 19.0. The van der Waals surface area contributed by atoms with Crippen molar-refractivity contribution in [2.75, 3.05) is 11.9 Å². The van der Waals surface area contributed by atoms with E-state index in [0.29, 0.717) is 11.3 Å². The van der Waals surface area contributed by atoms with E-state index in [0.717, 1.165) is 10.6 Å². The monoisotopic (exact) mass is 486 g/mol. The fourth-order valence-electron chi connectivity index (χ4n) is 3.35. The minimum Gasteiger partial charge on any atom is -0.394 e. The van der Waals surface area contributed by atoms with Gasteiger partial charge in [-0.05, 0) is 40.6 Å². The van der Waals surface area contributed by atoms with Crippen LogP contribution in [0.2, 0.25) is 0 Å². The average Bonchev–Trinajstić information content (AvgIpc) is 3.20. The second kappa shape index (κ2) is 10.9. The molecule has 33 heavy (non-hydrogen) atoms. The Balaban J connectivity index is 1.41. The number of amides is 1. The summed E-state index contributed by atoms with van der Waals surface area (Å²) in [6.45, 7) is -0.341. The van der Waals surface area contributed by atoms with Crippen molar-refractivity contribution >= 4 is 33.3 Å². The SMILES string of the molecule is O=C(Nc1ccn(C2CC(O)C(CO)O2)c(=O)n1)c1ccccc1CSSc1ccccn1. The van der Waals surface area contributed by atoms with Crippen molar-refractivity contribution in [3.8, 4) is 0 Å². The van der Waals surface area contributed by atoms with Crippen LogP contribution >= 0.6 is 21.6 Å². The van der Waals surface area contributed by atoms with E-state index in [2.05, 4.69) is 15.3 Å². The lowest BCUT2D eigenvalue weighted by Gasteiger charge is -2.15. The third-order valence-corrected chi connectivity index (χ3v) is 7.20. The molecule has 3 unspecified atom stereocenters. The maximum absolute atomic E-state index is 12.9. The summed E-state index contributed by atoms with van der Waals surface area (Å²) in [5, 5.41) is 22.7. The predicted molar refractivity (Wildman–Crippen MR) is 126 cm³/mol. The van der Waals surface area contributed by atoms with E-state index < -0.39 is 24.1 Å². The van der Waals surface area contributed by atoms with Gasteiger partial charge in [0.05, 0.1) is 12.7 Å². The minimum absolute atomic E-state index is 0.115. The van der Waals surface area contributed by atoms with Gasteiger partial charge in [0, 0.05) is 30.1 Å². The summed E-state index contributed by atoms with van der Waals surface area (Å²) in [6, 6.07) is 14.4. The number of benzene rings is 1. The average molecular weight is 487 g/mol. The molecule has 1 amide bonds. The molecule has 1 aliphatic heterocycles. The maximum atomic E-state index is 12.9. The van der Waals surface area contributed by atoms with Crippen LogP contribution < -0.4 is 11.0 Å². The zero-order chi connectivity index (χ0) is 23.2. The van der Waals surface area contributed by atoms with Crippen LogP contribution in [-0.4, -0.2) is 49.5 Å². The van der Waals surface area contributed by atoms with Gasteiger partial charge in [-0.2, -0.15) is 4.98 Å². The molecular formula is C22H22N4O5S2. The predicted octanol–water partition coefficient (Wildman–Crippen LogP) is 2.47. The lowest BCUT2D eigenvalue weighted by atomic mass is 10.1. The number of aliphatic hydroxyl groups excluding tert-OH is 2. The second-order valence-corrected chi connectivity index (χ2v) is 9.56. The molecule has 1 saturated heterocycles. The summed E-state index contributed by atoms with van der Waals surface area (Å²) in [7, 11) is 3.10. The smallest absolute Gasteiger partial charge is 0.351 e. The van der Waals surface area contributed by atoms with Crippen molar-refractivity contribution in [1.82, 2.24) is 14.5 Å². The molecule has 0 radical (unpaired) electrons. The van der Waals surface area contributed by atoms with Gasteiger partial charge in [0.2, 0.25) is 0 Å². The van der Waals surface area contributed by atoms with Crippen molar-refractivity contribution in [2.24, 2.45) is 0 Å². The first-order valence-electron chi connectivity index (χ1n) is 10.2. The summed E-state index contributed by atoms with van der Waals surface area (Å²) >= 11 is 0. The largest absolute Gasteiger partial charge is 0.394 e. The number of nitrogens with one attached hydrogen (secondary N) is 1. The van der Waals surface area contributed by atoms with E-state index in [1.165, 1.54) is 27.6 Å². The van der Waals surface area contributed by atoms with Crippen molar-refractivity contribution in [1.29, 1.82) is 0 Å². The van der Waals surface area contributed by atoms with Crippen LogP contribution in [0.3, 0.4) is 0 Å². The van der Waals surface area contributed by atoms with Crippen LogP contribution in [0.1, 0.15) is 28.6 Å². The Morgan fingerprint density at radius 3 is 2.76 bits per heavy atom.